The Balaban J connectivity index is 0.000000301. The van der Waals surface area contributed by atoms with E-state index in [0.717, 1.165) is 39.1 Å². The number of carboxylic acids is 2. The highest BCUT2D eigenvalue weighted by Gasteiger charge is 2.52. The number of halogens is 6. The predicted octanol–water partition coefficient (Wildman–Crippen LogP) is 3.14. The van der Waals surface area contributed by atoms with Crippen molar-refractivity contribution in [2.45, 2.75) is 37.3 Å². The van der Waals surface area contributed by atoms with E-state index in [4.69, 9.17) is 29.3 Å². The molecule has 2 aromatic rings. The number of hydrogen-bond acceptors (Lipinski definition) is 7. The summed E-state index contributed by atoms with van der Waals surface area (Å²) in [5, 5.41) is 18.5. The SMILES string of the molecule is Cn1cc(CN2CC3(C2)OCCC3CCOc2ccccn2)cn1.O=C(O)C(F)(F)F.O=C(O)C(F)(F)F. The van der Waals surface area contributed by atoms with Crippen LogP contribution in [-0.2, 0) is 27.9 Å². The van der Waals surface area contributed by atoms with E-state index < -0.39 is 24.3 Å². The monoisotopic (exact) mass is 556 g/mol. The summed E-state index contributed by atoms with van der Waals surface area (Å²) in [4.78, 5) is 24.4. The van der Waals surface area contributed by atoms with Crippen LogP contribution in [0.5, 0.6) is 5.88 Å². The number of ether oxygens (including phenoxy) is 2. The average molecular weight is 556 g/mol. The zero-order valence-electron chi connectivity index (χ0n) is 20.1. The van der Waals surface area contributed by atoms with Crippen LogP contribution in [0.3, 0.4) is 0 Å². The maximum atomic E-state index is 10.6. The van der Waals surface area contributed by atoms with Gasteiger partial charge in [-0.3, -0.25) is 9.58 Å². The number of hydrogen-bond donors (Lipinski definition) is 2. The van der Waals surface area contributed by atoms with Crippen LogP contribution in [0.25, 0.3) is 0 Å². The van der Waals surface area contributed by atoms with Crippen molar-refractivity contribution in [2.24, 2.45) is 13.0 Å². The molecule has 0 amide bonds. The van der Waals surface area contributed by atoms with Crippen molar-refractivity contribution in [3.05, 3.63) is 42.4 Å². The molecule has 2 N–H and O–H groups in total. The van der Waals surface area contributed by atoms with Crippen LogP contribution in [0, 0.1) is 5.92 Å². The number of aliphatic carboxylic acids is 2. The molecule has 2 aromatic heterocycles. The van der Waals surface area contributed by atoms with E-state index in [1.807, 2.05) is 36.1 Å². The maximum Gasteiger partial charge on any atom is 0.490 e. The highest BCUT2D eigenvalue weighted by atomic mass is 19.4. The van der Waals surface area contributed by atoms with Crippen LogP contribution < -0.4 is 4.74 Å². The summed E-state index contributed by atoms with van der Waals surface area (Å²) < 4.78 is 77.2. The lowest BCUT2D eigenvalue weighted by Crippen LogP contribution is -2.64. The van der Waals surface area contributed by atoms with Crippen LogP contribution in [-0.4, -0.2) is 86.1 Å². The summed E-state index contributed by atoms with van der Waals surface area (Å²) in [7, 11) is 1.96. The maximum absolute atomic E-state index is 10.6. The van der Waals surface area contributed by atoms with E-state index in [2.05, 4.69) is 21.2 Å². The molecule has 212 valence electrons. The number of carboxylic acid groups (broad SMARTS) is 2. The van der Waals surface area contributed by atoms with Crippen molar-refractivity contribution in [2.75, 3.05) is 26.3 Å². The molecule has 10 nitrogen and oxygen atoms in total. The van der Waals surface area contributed by atoms with Crippen molar-refractivity contribution in [3.8, 4) is 5.88 Å². The zero-order valence-corrected chi connectivity index (χ0v) is 20.1. The Hall–Kier alpha value is -3.40. The van der Waals surface area contributed by atoms with Gasteiger partial charge in [0.05, 0.1) is 18.4 Å². The minimum Gasteiger partial charge on any atom is -0.478 e. The normalized spacial score (nSPS) is 18.4. The Morgan fingerprint density at radius 1 is 1.13 bits per heavy atom. The molecule has 2 aliphatic heterocycles. The van der Waals surface area contributed by atoms with Crippen LogP contribution >= 0.6 is 0 Å². The Kier molecular flexibility index (Phi) is 10.5. The van der Waals surface area contributed by atoms with Crippen molar-refractivity contribution < 1.29 is 55.6 Å². The second-order valence-corrected chi connectivity index (χ2v) is 8.48. The molecule has 2 fully saturated rings. The summed E-state index contributed by atoms with van der Waals surface area (Å²) in [5.74, 6) is -4.23. The fourth-order valence-corrected chi connectivity index (χ4v) is 3.91. The molecule has 0 saturated carbocycles. The number of alkyl halides is 6. The largest absolute Gasteiger partial charge is 0.490 e. The Bertz CT molecular complexity index is 1020. The van der Waals surface area contributed by atoms with Gasteiger partial charge in [0.25, 0.3) is 0 Å². The number of nitrogens with zero attached hydrogens (tertiary/aromatic N) is 4. The van der Waals surface area contributed by atoms with Gasteiger partial charge in [0.1, 0.15) is 0 Å². The van der Waals surface area contributed by atoms with Crippen molar-refractivity contribution in [3.63, 3.8) is 0 Å². The van der Waals surface area contributed by atoms with Crippen LogP contribution in [0.15, 0.2) is 36.8 Å². The first-order valence-corrected chi connectivity index (χ1v) is 11.1. The third kappa shape index (κ3) is 9.48. The Morgan fingerprint density at radius 3 is 2.21 bits per heavy atom. The van der Waals surface area contributed by atoms with Gasteiger partial charge in [-0.15, -0.1) is 0 Å². The van der Waals surface area contributed by atoms with Gasteiger partial charge in [-0.1, -0.05) is 6.07 Å². The zero-order chi connectivity index (χ0) is 28.6. The molecule has 4 rings (SSSR count). The molecule has 0 aromatic carbocycles. The summed E-state index contributed by atoms with van der Waals surface area (Å²) in [6.45, 7) is 4.55. The van der Waals surface area contributed by atoms with Gasteiger partial charge < -0.3 is 19.7 Å². The molecule has 16 heteroatoms. The van der Waals surface area contributed by atoms with E-state index in [1.54, 1.807) is 6.20 Å². The lowest BCUT2D eigenvalue weighted by atomic mass is 9.79. The van der Waals surface area contributed by atoms with Crippen LogP contribution in [0.4, 0.5) is 26.3 Å². The first-order chi connectivity index (χ1) is 17.6. The molecule has 4 heterocycles. The van der Waals surface area contributed by atoms with E-state index in [9.17, 15) is 26.3 Å². The fourth-order valence-electron chi connectivity index (χ4n) is 3.91. The Morgan fingerprint density at radius 2 is 1.74 bits per heavy atom. The van der Waals surface area contributed by atoms with E-state index in [1.165, 1.54) is 5.56 Å². The van der Waals surface area contributed by atoms with Crippen LogP contribution in [0.2, 0.25) is 0 Å². The van der Waals surface area contributed by atoms with E-state index >= 15 is 0 Å². The van der Waals surface area contributed by atoms with E-state index in [-0.39, 0.29) is 5.60 Å². The summed E-state index contributed by atoms with van der Waals surface area (Å²) >= 11 is 0. The molecule has 38 heavy (non-hydrogen) atoms. The van der Waals surface area contributed by atoms with Crippen LogP contribution in [0.1, 0.15) is 18.4 Å². The molecule has 2 aliphatic rings. The summed E-state index contributed by atoms with van der Waals surface area (Å²) in [6, 6.07) is 5.75. The topological polar surface area (TPSA) is 127 Å². The highest BCUT2D eigenvalue weighted by Crippen LogP contribution is 2.42. The Labute approximate surface area is 212 Å². The number of rotatable bonds is 6. The molecule has 0 bridgehead atoms. The van der Waals surface area contributed by atoms with E-state index in [0.29, 0.717) is 18.4 Å². The number of carbonyl (C=O) groups is 2. The molecule has 2 saturated heterocycles. The third-order valence-electron chi connectivity index (χ3n) is 5.59. The first kappa shape index (κ1) is 30.8. The molecular formula is C22H26F6N4O6. The average Bonchev–Trinajstić information content (AvgIpc) is 3.40. The number of aromatic nitrogens is 3. The van der Waals surface area contributed by atoms with Crippen molar-refractivity contribution >= 4 is 11.9 Å². The van der Waals surface area contributed by atoms with Gasteiger partial charge in [0.2, 0.25) is 5.88 Å². The quantitative estimate of drug-likeness (QED) is 0.516. The lowest BCUT2D eigenvalue weighted by molar-refractivity contribution is -0.193. The molecule has 1 atom stereocenters. The number of pyridine rings is 1. The van der Waals surface area contributed by atoms with Gasteiger partial charge in [0.15, 0.2) is 0 Å². The minimum absolute atomic E-state index is 0.0374. The summed E-state index contributed by atoms with van der Waals surface area (Å²) in [5.41, 5.74) is 1.30. The highest BCUT2D eigenvalue weighted by molar-refractivity contribution is 5.73. The second-order valence-electron chi connectivity index (χ2n) is 8.48. The van der Waals surface area contributed by atoms with Gasteiger partial charge in [-0.2, -0.15) is 31.4 Å². The van der Waals surface area contributed by atoms with Crippen molar-refractivity contribution in [1.82, 2.24) is 19.7 Å². The van der Waals surface area contributed by atoms with Gasteiger partial charge in [0, 0.05) is 57.3 Å². The standard InChI is InChI=1S/C18H24N4O2.2C2HF3O2/c1-21-11-15(10-20-21)12-22-13-18(14-22)16(6-9-24-18)5-8-23-17-4-2-3-7-19-17;2*3-2(4,5)1(6)7/h2-4,7,10-11,16H,5-6,8-9,12-14H2,1H3;2*(H,6,7). The number of aryl methyl sites for hydroxylation is 1. The number of likely N-dealkylation sites (tertiary alicyclic amines) is 1. The van der Waals surface area contributed by atoms with Gasteiger partial charge in [-0.25, -0.2) is 14.6 Å². The van der Waals surface area contributed by atoms with Crippen molar-refractivity contribution in [1.29, 1.82) is 0 Å². The molecule has 1 unspecified atom stereocenters. The second kappa shape index (κ2) is 12.9. The molecule has 1 spiro atoms. The smallest absolute Gasteiger partial charge is 0.478 e. The molecular weight excluding hydrogens is 530 g/mol. The minimum atomic E-state index is -5.08. The molecule has 0 radical (unpaired) electrons. The lowest BCUT2D eigenvalue weighted by Gasteiger charge is -2.50. The predicted molar refractivity (Wildman–Crippen MR) is 117 cm³/mol. The molecule has 0 aliphatic carbocycles. The first-order valence-electron chi connectivity index (χ1n) is 11.1. The van der Waals surface area contributed by atoms with Gasteiger partial charge in [-0.05, 0) is 24.8 Å². The summed E-state index contributed by atoms with van der Waals surface area (Å²) in [6.07, 6.45) is -2.22. The third-order valence-corrected chi connectivity index (χ3v) is 5.59. The van der Waals surface area contributed by atoms with Gasteiger partial charge >= 0.3 is 24.3 Å². The fraction of sp³-hybridized carbons (Fsp3) is 0.545.